The quantitative estimate of drug-likeness (QED) is 0.0983. The van der Waals surface area contributed by atoms with Gasteiger partial charge in [0.15, 0.2) is 19.7 Å². The van der Waals surface area contributed by atoms with Crippen LogP contribution in [0.15, 0.2) is 168 Å². The molecule has 0 radical (unpaired) electrons. The average Bonchev–Trinajstić information content (AvgIpc) is 3.38. The first-order valence-corrected chi connectivity index (χ1v) is 26.5. The molecule has 0 spiro atoms. The van der Waals surface area contributed by atoms with Crippen molar-refractivity contribution in [3.8, 4) is 33.8 Å². The molecule has 6 aromatic carbocycles. The van der Waals surface area contributed by atoms with E-state index in [1.54, 1.807) is 12.1 Å². The first-order chi connectivity index (χ1) is 36.0. The maximum atomic E-state index is 13.5. The number of fused-ring (bicyclic) bond motifs is 2. The van der Waals surface area contributed by atoms with E-state index in [4.69, 9.17) is 9.47 Å². The van der Waals surface area contributed by atoms with Gasteiger partial charge in [-0.3, -0.25) is 0 Å². The Balaban J connectivity index is 0.000000186. The minimum atomic E-state index is -4.57. The lowest BCUT2D eigenvalue weighted by Crippen LogP contribution is -2.17. The van der Waals surface area contributed by atoms with Crippen molar-refractivity contribution >= 4 is 19.7 Å². The van der Waals surface area contributed by atoms with Crippen LogP contribution in [0.4, 0.5) is 43.9 Å². The second kappa shape index (κ2) is 21.2. The van der Waals surface area contributed by atoms with Crippen molar-refractivity contribution < 1.29 is 70.2 Å². The maximum absolute atomic E-state index is 13.5. The highest BCUT2D eigenvalue weighted by Gasteiger charge is 2.35. The maximum Gasteiger partial charge on any atom is 0.416 e. The summed E-state index contributed by atoms with van der Waals surface area (Å²) in [6, 6.07) is 33.8. The molecule has 0 bridgehead atoms. The van der Waals surface area contributed by atoms with Gasteiger partial charge in [0, 0.05) is 23.0 Å². The third-order valence-corrected chi connectivity index (χ3v) is 16.1. The molecule has 0 aliphatic carbocycles. The number of nitrogens with zero attached hydrogens (tertiary/aromatic N) is 2. The van der Waals surface area contributed by atoms with Crippen molar-refractivity contribution in [2.75, 3.05) is 13.2 Å². The Bertz CT molecular complexity index is 3450. The first kappa shape index (κ1) is 53.3. The van der Waals surface area contributed by atoms with Gasteiger partial charge in [0.2, 0.25) is 11.9 Å². The van der Waals surface area contributed by atoms with E-state index in [2.05, 4.69) is 9.97 Å². The van der Waals surface area contributed by atoms with Crippen LogP contribution in [-0.2, 0) is 43.5 Å². The number of rotatable bonds is 10. The molecule has 2 aromatic heterocycles. The van der Waals surface area contributed by atoms with Gasteiger partial charge in [-0.05, 0) is 143 Å². The lowest BCUT2D eigenvalue weighted by Gasteiger charge is -2.29. The summed E-state index contributed by atoms with van der Waals surface area (Å²) in [7, 11) is -7.79. The number of pyridine rings is 2. The Morgan fingerprint density at radius 3 is 1.17 bits per heavy atom. The molecule has 0 amide bonds. The summed E-state index contributed by atoms with van der Waals surface area (Å²) < 4.78 is 199. The lowest BCUT2D eigenvalue weighted by atomic mass is 9.82. The van der Waals surface area contributed by atoms with Crippen molar-refractivity contribution in [2.24, 2.45) is 0 Å². The van der Waals surface area contributed by atoms with E-state index >= 15 is 0 Å². The van der Waals surface area contributed by atoms with E-state index in [1.165, 1.54) is 109 Å². The van der Waals surface area contributed by atoms with Crippen LogP contribution in [0.2, 0.25) is 0 Å². The van der Waals surface area contributed by atoms with Crippen LogP contribution in [0.25, 0.3) is 22.3 Å². The van der Waals surface area contributed by atoms with Gasteiger partial charge in [-0.1, -0.05) is 60.7 Å². The van der Waals surface area contributed by atoms with Crippen LogP contribution < -0.4 is 9.47 Å². The zero-order chi connectivity index (χ0) is 54.2. The van der Waals surface area contributed by atoms with Crippen LogP contribution in [0, 0.1) is 23.5 Å². The lowest BCUT2D eigenvalue weighted by molar-refractivity contribution is -0.138. The van der Waals surface area contributed by atoms with E-state index < -0.39 is 90.0 Å². The fourth-order valence-electron chi connectivity index (χ4n) is 9.22. The van der Waals surface area contributed by atoms with E-state index in [0.717, 1.165) is 36.4 Å². The zero-order valence-electron chi connectivity index (χ0n) is 39.3. The summed E-state index contributed by atoms with van der Waals surface area (Å²) in [5.74, 6) is -3.85. The highest BCUT2D eigenvalue weighted by molar-refractivity contribution is 7.91. The highest BCUT2D eigenvalue weighted by atomic mass is 32.2. The van der Waals surface area contributed by atoms with Gasteiger partial charge < -0.3 is 9.47 Å². The molecule has 0 saturated carbocycles. The molecule has 0 N–H and O–H groups in total. The van der Waals surface area contributed by atoms with Crippen molar-refractivity contribution in [1.29, 1.82) is 0 Å². The molecular weight excluding hydrogens is 1050 g/mol. The Morgan fingerprint density at radius 2 is 0.816 bits per heavy atom. The number of benzene rings is 6. The van der Waals surface area contributed by atoms with E-state index in [-0.39, 0.29) is 34.4 Å². The Hall–Kier alpha value is -7.58. The Labute approximate surface area is 429 Å². The molecule has 392 valence electrons. The SMILES string of the molecule is O=S(=O)(Cc1cccc(F)n1)c1ccc2c(c1)OCC[C@@H]2c1ccc(C(F)(F)F)cc1-c1ccc(F)cc1.O=S(=O)(Cc1cccc(F)n1)c1ccc2c(c1)OCC[C@H]2c1ccc(C(F)(F)F)cc1-c1ccc(F)cc1. The van der Waals surface area contributed by atoms with Crippen LogP contribution in [0.5, 0.6) is 11.5 Å². The summed E-state index contributed by atoms with van der Waals surface area (Å²) in [6.07, 6.45) is -8.26. The number of aromatic nitrogens is 2. The molecule has 0 fully saturated rings. The topological polar surface area (TPSA) is 113 Å². The molecule has 0 unspecified atom stereocenters. The predicted octanol–water partition coefficient (Wildman–Crippen LogP) is 13.9. The van der Waals surface area contributed by atoms with Crippen molar-refractivity contribution in [2.45, 2.75) is 58.3 Å². The molecule has 2 atom stereocenters. The van der Waals surface area contributed by atoms with E-state index in [9.17, 15) is 60.7 Å². The largest absolute Gasteiger partial charge is 0.493 e. The molecule has 4 heterocycles. The molecule has 0 saturated heterocycles. The fourth-order valence-corrected chi connectivity index (χ4v) is 11.8. The molecule has 8 aromatic rings. The summed E-state index contributed by atoms with van der Waals surface area (Å²) in [6.45, 7) is 0.410. The molecular formula is C56H40F10N2O6S2. The molecule has 2 aliphatic rings. The second-order valence-corrected chi connectivity index (χ2v) is 21.8. The first-order valence-electron chi connectivity index (χ1n) is 23.2. The fraction of sp³-hybridized carbons (Fsp3) is 0.179. The monoisotopic (exact) mass is 1090 g/mol. The summed E-state index contributed by atoms with van der Waals surface area (Å²) in [4.78, 5) is 7.13. The zero-order valence-corrected chi connectivity index (χ0v) is 41.0. The number of ether oxygens (including phenoxy) is 2. The van der Waals surface area contributed by atoms with Gasteiger partial charge in [0.1, 0.15) is 23.1 Å². The van der Waals surface area contributed by atoms with Crippen molar-refractivity contribution in [1.82, 2.24) is 9.97 Å². The number of alkyl halides is 6. The van der Waals surface area contributed by atoms with Crippen LogP contribution in [0.3, 0.4) is 0 Å². The second-order valence-electron chi connectivity index (χ2n) is 17.8. The van der Waals surface area contributed by atoms with Crippen LogP contribution in [-0.4, -0.2) is 40.0 Å². The molecule has 8 nitrogen and oxygen atoms in total. The van der Waals surface area contributed by atoms with Gasteiger partial charge in [0.25, 0.3) is 0 Å². The highest BCUT2D eigenvalue weighted by Crippen LogP contribution is 2.47. The van der Waals surface area contributed by atoms with Gasteiger partial charge in [-0.2, -0.15) is 35.1 Å². The van der Waals surface area contributed by atoms with E-state index in [1.807, 2.05) is 0 Å². The van der Waals surface area contributed by atoms with E-state index in [0.29, 0.717) is 68.8 Å². The number of hydrogen-bond acceptors (Lipinski definition) is 8. The Morgan fingerprint density at radius 1 is 0.447 bits per heavy atom. The van der Waals surface area contributed by atoms with Crippen molar-refractivity contribution in [3.63, 3.8) is 0 Å². The number of halogens is 10. The molecule has 2 aliphatic heterocycles. The number of hydrogen-bond donors (Lipinski definition) is 0. The van der Waals surface area contributed by atoms with Crippen LogP contribution >= 0.6 is 0 Å². The third kappa shape index (κ3) is 11.9. The van der Waals surface area contributed by atoms with Gasteiger partial charge >= 0.3 is 12.4 Å². The third-order valence-electron chi connectivity index (χ3n) is 12.8. The molecule has 20 heteroatoms. The van der Waals surface area contributed by atoms with Crippen molar-refractivity contribution in [3.05, 3.63) is 226 Å². The van der Waals surface area contributed by atoms with Gasteiger partial charge in [-0.15, -0.1) is 0 Å². The molecule has 76 heavy (non-hydrogen) atoms. The number of sulfone groups is 2. The minimum absolute atomic E-state index is 0.0471. The summed E-state index contributed by atoms with van der Waals surface area (Å²) >= 11 is 0. The standard InChI is InChI=1S/2C28H20F5NO3S/c2*29-19-7-4-17(5-8-19)25-14-18(28(31,32)33)6-10-22(25)23-12-13-37-26-15-21(9-11-24(23)26)38(35,36)16-20-2-1-3-27(30)34-20/h2*1-11,14-15,23H,12-13,16H2/t2*23-/m10/s1. The average molecular weight is 1090 g/mol. The summed E-state index contributed by atoms with van der Waals surface area (Å²) in [5.41, 5.74) is 2.25. The smallest absolute Gasteiger partial charge is 0.416 e. The Kier molecular flexibility index (Phi) is 14.9. The summed E-state index contributed by atoms with van der Waals surface area (Å²) in [5, 5.41) is 0. The normalized spacial score (nSPS) is 15.6. The van der Waals surface area contributed by atoms with Gasteiger partial charge in [-0.25, -0.2) is 35.6 Å². The minimum Gasteiger partial charge on any atom is -0.493 e. The molecule has 10 rings (SSSR count). The van der Waals surface area contributed by atoms with Gasteiger partial charge in [0.05, 0.1) is 57.0 Å². The predicted molar refractivity (Wildman–Crippen MR) is 261 cm³/mol. The van der Waals surface area contributed by atoms with Crippen LogP contribution in [0.1, 0.15) is 69.4 Å².